The minimum absolute atomic E-state index is 0. The van der Waals surface area contributed by atoms with Gasteiger partial charge in [-0.1, -0.05) is 102 Å². The minimum atomic E-state index is -2.49. The smallest absolute Gasteiger partial charge is 0.120 e. The van der Waals surface area contributed by atoms with E-state index < -0.39 is 28.6 Å². The first kappa shape index (κ1) is 22.2. The largest absolute Gasteiger partial charge is 0.501 e. The number of rotatable bonds is 4. The van der Waals surface area contributed by atoms with Gasteiger partial charge < -0.3 is 24.4 Å². The van der Waals surface area contributed by atoms with Crippen molar-refractivity contribution < 1.29 is 36.9 Å². The number of pyridine rings is 2. The van der Waals surface area contributed by atoms with Crippen molar-refractivity contribution in [2.24, 2.45) is 0 Å². The standard InChI is InChI=1S/C28H26NOSi.C10H8N3.Ir/c1-18-15-20(31(3,4)5)13-14-21(18)25-16-26(29-17-19(25)2)24-11-8-10-23-22-9-6-7-12-27(22)30-28(23)24;1-8-12-6-9(7-13-8)10-4-2-3-5-11-10;/h6-10,12-17H,1-5H3;2-6H,1H3;/q2*-1;/i1D3,2D3;1D3;. The molecule has 0 fully saturated rings. The summed E-state index contributed by atoms with van der Waals surface area (Å²) in [5.41, 5.74) is 4.43. The summed E-state index contributed by atoms with van der Waals surface area (Å²) >= 11 is 0. The van der Waals surface area contributed by atoms with Gasteiger partial charge in [-0.05, 0) is 72.5 Å². The van der Waals surface area contributed by atoms with E-state index in [1.165, 1.54) is 12.4 Å². The Morgan fingerprint density at radius 2 is 1.60 bits per heavy atom. The molecule has 0 saturated heterocycles. The molecule has 0 spiro atoms. The van der Waals surface area contributed by atoms with Gasteiger partial charge >= 0.3 is 0 Å². The molecular formula is C38H34IrN4OSi-2. The molecular weight excluding hydrogens is 749 g/mol. The number of aromatic nitrogens is 4. The van der Waals surface area contributed by atoms with E-state index >= 15 is 0 Å². The van der Waals surface area contributed by atoms with Crippen LogP contribution in [0.3, 0.4) is 0 Å². The van der Waals surface area contributed by atoms with Crippen molar-refractivity contribution >= 4 is 35.2 Å². The normalized spacial score (nSPS) is 15.0. The van der Waals surface area contributed by atoms with Crippen LogP contribution in [-0.4, -0.2) is 28.0 Å². The maximum Gasteiger partial charge on any atom is 0.120 e. The summed E-state index contributed by atoms with van der Waals surface area (Å²) in [6, 6.07) is 27.1. The van der Waals surface area contributed by atoms with Crippen molar-refractivity contribution in [3.05, 3.63) is 127 Å². The zero-order chi connectivity index (χ0) is 38.3. The van der Waals surface area contributed by atoms with E-state index in [1.807, 2.05) is 42.5 Å². The second-order valence-electron chi connectivity index (χ2n) is 11.3. The van der Waals surface area contributed by atoms with Crippen LogP contribution in [0.1, 0.15) is 29.3 Å². The number of nitrogens with zero attached hydrogens (tertiary/aromatic N) is 4. The molecule has 7 heteroatoms. The summed E-state index contributed by atoms with van der Waals surface area (Å²) in [4.78, 5) is 16.0. The van der Waals surface area contributed by atoms with Crippen LogP contribution < -0.4 is 5.19 Å². The Kier molecular flexibility index (Phi) is 6.61. The van der Waals surface area contributed by atoms with Gasteiger partial charge in [0.05, 0.1) is 13.7 Å². The molecule has 3 aromatic carbocycles. The molecule has 0 aliphatic rings. The molecule has 0 aliphatic carbocycles. The number of aryl methyl sites for hydroxylation is 3. The SMILES string of the molecule is [2H]C([2H])([2H])c1cnc(-c2[c-]ccc3c2oc2ccccc23)cc1-c1ccc([Si](C)(C)C)cc1C([2H])([2H])[2H].[2H]C([2H])([2H])c1n[c-]c(-c2ccccn2)cn1.[Ir]. The average molecular weight is 792 g/mol. The molecule has 4 aromatic heterocycles. The molecule has 0 atom stereocenters. The first-order valence-electron chi connectivity index (χ1n) is 18.5. The first-order chi connectivity index (χ1) is 24.8. The maximum absolute atomic E-state index is 8.25. The van der Waals surface area contributed by atoms with Crippen LogP contribution in [0.15, 0.2) is 102 Å². The number of furan rings is 1. The summed E-state index contributed by atoms with van der Waals surface area (Å²) in [5, 5.41) is 2.85. The van der Waals surface area contributed by atoms with Crippen molar-refractivity contribution in [2.75, 3.05) is 0 Å². The Hall–Kier alpha value is -4.29. The predicted molar refractivity (Wildman–Crippen MR) is 183 cm³/mol. The van der Waals surface area contributed by atoms with Crippen molar-refractivity contribution in [1.29, 1.82) is 0 Å². The summed E-state index contributed by atoms with van der Waals surface area (Å²) in [6.45, 7) is -0.765. The molecule has 0 bridgehead atoms. The van der Waals surface area contributed by atoms with E-state index in [4.69, 9.17) is 16.8 Å². The topological polar surface area (TPSA) is 64.7 Å². The van der Waals surface area contributed by atoms with Crippen molar-refractivity contribution in [1.82, 2.24) is 19.9 Å². The van der Waals surface area contributed by atoms with Crippen LogP contribution in [0.5, 0.6) is 0 Å². The van der Waals surface area contributed by atoms with E-state index in [2.05, 4.69) is 51.8 Å². The van der Waals surface area contributed by atoms with Crippen molar-refractivity contribution in [2.45, 2.75) is 40.2 Å². The monoisotopic (exact) mass is 792 g/mol. The fraction of sp³-hybridized carbons (Fsp3) is 0.158. The molecule has 7 rings (SSSR count). The van der Waals surface area contributed by atoms with Crippen LogP contribution in [0.2, 0.25) is 19.6 Å². The predicted octanol–water partition coefficient (Wildman–Crippen LogP) is 8.92. The van der Waals surface area contributed by atoms with Gasteiger partial charge in [0.25, 0.3) is 0 Å². The molecule has 0 amide bonds. The van der Waals surface area contributed by atoms with E-state index in [0.29, 0.717) is 39.2 Å². The van der Waals surface area contributed by atoms with Gasteiger partial charge in [-0.15, -0.1) is 18.2 Å². The molecule has 0 N–H and O–H groups in total. The maximum atomic E-state index is 8.25. The summed E-state index contributed by atoms with van der Waals surface area (Å²) in [5.74, 6) is -0.202. The van der Waals surface area contributed by atoms with E-state index in [0.717, 1.165) is 21.5 Å². The molecule has 227 valence electrons. The van der Waals surface area contributed by atoms with E-state index in [9.17, 15) is 0 Å². The number of benzene rings is 3. The zero-order valence-corrected chi connectivity index (χ0v) is 28.2. The summed E-state index contributed by atoms with van der Waals surface area (Å²) in [6.07, 6.45) is 7.00. The summed E-state index contributed by atoms with van der Waals surface area (Å²) in [7, 11) is -1.82. The van der Waals surface area contributed by atoms with Gasteiger partial charge in [-0.25, -0.2) is 0 Å². The first-order valence-corrected chi connectivity index (χ1v) is 17.5. The number of hydrogen-bond donors (Lipinski definition) is 0. The van der Waals surface area contributed by atoms with Gasteiger partial charge in [0, 0.05) is 56.0 Å². The fourth-order valence-electron chi connectivity index (χ4n) is 4.88. The van der Waals surface area contributed by atoms with Gasteiger partial charge in [-0.2, -0.15) is 0 Å². The Morgan fingerprint density at radius 3 is 2.33 bits per heavy atom. The van der Waals surface area contributed by atoms with Crippen LogP contribution in [-0.2, 0) is 20.1 Å². The minimum Gasteiger partial charge on any atom is -0.501 e. The number of para-hydroxylation sites is 1. The Balaban J connectivity index is 0.000000276. The van der Waals surface area contributed by atoms with Gasteiger partial charge in [0.1, 0.15) is 5.58 Å². The average Bonchev–Trinajstić information content (AvgIpc) is 3.49. The summed E-state index contributed by atoms with van der Waals surface area (Å²) < 4.78 is 76.7. The van der Waals surface area contributed by atoms with Crippen molar-refractivity contribution in [3.8, 4) is 33.6 Å². The Morgan fingerprint density at radius 1 is 0.756 bits per heavy atom. The van der Waals surface area contributed by atoms with Gasteiger partial charge in [0.2, 0.25) is 0 Å². The molecule has 1 radical (unpaired) electrons. The molecule has 7 aromatic rings. The third-order valence-electron chi connectivity index (χ3n) is 7.21. The molecule has 0 aliphatic heterocycles. The van der Waals surface area contributed by atoms with Crippen LogP contribution in [0.4, 0.5) is 0 Å². The quantitative estimate of drug-likeness (QED) is 0.132. The molecule has 5 nitrogen and oxygen atoms in total. The van der Waals surface area contributed by atoms with E-state index in [1.54, 1.807) is 42.6 Å². The molecule has 0 unspecified atom stereocenters. The van der Waals surface area contributed by atoms with E-state index in [-0.39, 0.29) is 37.1 Å². The number of hydrogen-bond acceptors (Lipinski definition) is 5. The zero-order valence-electron chi connectivity index (χ0n) is 33.8. The Labute approximate surface area is 291 Å². The molecule has 0 saturated carbocycles. The third-order valence-corrected chi connectivity index (χ3v) is 9.26. The van der Waals surface area contributed by atoms with Gasteiger partial charge in [-0.3, -0.25) is 0 Å². The van der Waals surface area contributed by atoms with Crippen LogP contribution in [0, 0.1) is 32.8 Å². The van der Waals surface area contributed by atoms with Crippen LogP contribution >= 0.6 is 0 Å². The third kappa shape index (κ3) is 6.86. The molecule has 4 heterocycles. The Bertz CT molecular complexity index is 2410. The number of fused-ring (bicyclic) bond motifs is 3. The molecule has 45 heavy (non-hydrogen) atoms. The van der Waals surface area contributed by atoms with Gasteiger partial charge in [0.15, 0.2) is 0 Å². The van der Waals surface area contributed by atoms with Crippen molar-refractivity contribution in [3.63, 3.8) is 0 Å². The van der Waals surface area contributed by atoms with Crippen LogP contribution in [0.25, 0.3) is 55.6 Å². The second kappa shape index (κ2) is 13.4. The second-order valence-corrected chi connectivity index (χ2v) is 16.3. The fourth-order valence-corrected chi connectivity index (χ4v) is 6.04.